The predicted molar refractivity (Wildman–Crippen MR) is 115 cm³/mol. The fourth-order valence-electron chi connectivity index (χ4n) is 2.55. The number of benzene rings is 2. The van der Waals surface area contributed by atoms with Crippen LogP contribution in [0.2, 0.25) is 0 Å². The van der Waals surface area contributed by atoms with Crippen molar-refractivity contribution in [3.8, 4) is 22.8 Å². The van der Waals surface area contributed by atoms with Gasteiger partial charge in [-0.15, -0.1) is 11.3 Å². The standard InChI is InChI=1S/C21H21N3O5S/c1-2-3-12-28-16-10-8-15(9-11-16)17-14-30-21(22-17)23-20(25)13-29-19-7-5-4-6-18(19)24(26)27/h4-11,14H,2-3,12-13H2,1H3,(H,22,23,25). The highest BCUT2D eigenvalue weighted by molar-refractivity contribution is 7.14. The molecular formula is C21H21N3O5S. The van der Waals surface area contributed by atoms with E-state index in [1.807, 2.05) is 29.6 Å². The van der Waals surface area contributed by atoms with Crippen LogP contribution >= 0.6 is 11.3 Å². The second-order valence-corrected chi connectivity index (χ2v) is 7.18. The van der Waals surface area contributed by atoms with Crippen molar-refractivity contribution in [1.82, 2.24) is 4.98 Å². The maximum atomic E-state index is 12.1. The van der Waals surface area contributed by atoms with Crippen LogP contribution in [0, 0.1) is 10.1 Å². The minimum Gasteiger partial charge on any atom is -0.494 e. The number of carbonyl (C=O) groups excluding carboxylic acids is 1. The Morgan fingerprint density at radius 3 is 2.67 bits per heavy atom. The minimum atomic E-state index is -0.555. The monoisotopic (exact) mass is 427 g/mol. The van der Waals surface area contributed by atoms with E-state index in [1.165, 1.54) is 29.5 Å². The SMILES string of the molecule is CCCCOc1ccc(-c2csc(NC(=O)COc3ccccc3[N+](=O)[O-])n2)cc1. The molecule has 0 spiro atoms. The molecule has 0 aliphatic heterocycles. The van der Waals surface area contributed by atoms with Crippen molar-refractivity contribution in [3.05, 3.63) is 64.0 Å². The lowest BCUT2D eigenvalue weighted by molar-refractivity contribution is -0.385. The van der Waals surface area contributed by atoms with Crippen LogP contribution < -0.4 is 14.8 Å². The lowest BCUT2D eigenvalue weighted by atomic mass is 10.2. The summed E-state index contributed by atoms with van der Waals surface area (Å²) in [5.74, 6) is 0.399. The van der Waals surface area contributed by atoms with Crippen LogP contribution in [0.5, 0.6) is 11.5 Å². The average Bonchev–Trinajstić information content (AvgIpc) is 3.21. The maximum Gasteiger partial charge on any atom is 0.310 e. The van der Waals surface area contributed by atoms with Gasteiger partial charge in [-0.25, -0.2) is 4.98 Å². The van der Waals surface area contributed by atoms with Gasteiger partial charge < -0.3 is 9.47 Å². The third-order valence-electron chi connectivity index (χ3n) is 4.09. The molecule has 1 aromatic heterocycles. The van der Waals surface area contributed by atoms with E-state index in [0.29, 0.717) is 11.7 Å². The van der Waals surface area contributed by atoms with Gasteiger partial charge in [0.15, 0.2) is 17.5 Å². The number of nitro groups is 1. The third-order valence-corrected chi connectivity index (χ3v) is 4.85. The van der Waals surface area contributed by atoms with Crippen molar-refractivity contribution in [2.75, 3.05) is 18.5 Å². The first-order chi connectivity index (χ1) is 14.6. The molecule has 3 rings (SSSR count). The molecule has 0 atom stereocenters. The molecule has 1 heterocycles. The summed E-state index contributed by atoms with van der Waals surface area (Å²) < 4.78 is 10.9. The van der Waals surface area contributed by atoms with E-state index in [-0.39, 0.29) is 18.0 Å². The Labute approximate surface area is 177 Å². The zero-order valence-corrected chi connectivity index (χ0v) is 17.2. The summed E-state index contributed by atoms with van der Waals surface area (Å²) in [5, 5.41) is 15.9. The first-order valence-electron chi connectivity index (χ1n) is 9.41. The number of thiazole rings is 1. The number of anilines is 1. The van der Waals surface area contributed by atoms with Crippen LogP contribution in [0.15, 0.2) is 53.9 Å². The zero-order chi connectivity index (χ0) is 21.3. The van der Waals surface area contributed by atoms with Crippen LogP contribution in [-0.2, 0) is 4.79 Å². The first-order valence-corrected chi connectivity index (χ1v) is 10.3. The van der Waals surface area contributed by atoms with Crippen molar-refractivity contribution in [1.29, 1.82) is 0 Å². The Hall–Kier alpha value is -3.46. The maximum absolute atomic E-state index is 12.1. The Bertz CT molecular complexity index is 1000. The summed E-state index contributed by atoms with van der Waals surface area (Å²) in [5.41, 5.74) is 1.45. The number of unbranched alkanes of at least 4 members (excludes halogenated alkanes) is 1. The van der Waals surface area contributed by atoms with E-state index in [9.17, 15) is 14.9 Å². The van der Waals surface area contributed by atoms with Crippen LogP contribution in [0.4, 0.5) is 10.8 Å². The lowest BCUT2D eigenvalue weighted by Crippen LogP contribution is -2.20. The van der Waals surface area contributed by atoms with Crippen LogP contribution in [0.3, 0.4) is 0 Å². The van der Waals surface area contributed by atoms with E-state index in [2.05, 4.69) is 17.2 Å². The molecule has 0 saturated heterocycles. The van der Waals surface area contributed by atoms with E-state index < -0.39 is 10.8 Å². The normalized spacial score (nSPS) is 10.4. The summed E-state index contributed by atoms with van der Waals surface area (Å²) in [6.45, 7) is 2.45. The first kappa shape index (κ1) is 21.3. The van der Waals surface area contributed by atoms with Gasteiger partial charge in [0.1, 0.15) is 5.75 Å². The molecule has 2 aromatic carbocycles. The van der Waals surface area contributed by atoms with E-state index in [4.69, 9.17) is 9.47 Å². The van der Waals surface area contributed by atoms with Crippen molar-refractivity contribution < 1.29 is 19.2 Å². The number of aromatic nitrogens is 1. The van der Waals surface area contributed by atoms with E-state index in [1.54, 1.807) is 6.07 Å². The highest BCUT2D eigenvalue weighted by Crippen LogP contribution is 2.27. The number of carbonyl (C=O) groups is 1. The number of rotatable bonds is 10. The highest BCUT2D eigenvalue weighted by Gasteiger charge is 2.15. The number of nitrogens with one attached hydrogen (secondary N) is 1. The molecule has 156 valence electrons. The molecule has 1 N–H and O–H groups in total. The van der Waals surface area contributed by atoms with Crippen LogP contribution in [0.1, 0.15) is 19.8 Å². The van der Waals surface area contributed by atoms with Crippen molar-refractivity contribution in [2.45, 2.75) is 19.8 Å². The number of ether oxygens (including phenoxy) is 2. The number of nitrogens with zero attached hydrogens (tertiary/aromatic N) is 2. The molecule has 1 amide bonds. The van der Waals surface area contributed by atoms with Gasteiger partial charge in [-0.1, -0.05) is 25.5 Å². The van der Waals surface area contributed by atoms with E-state index >= 15 is 0 Å². The molecule has 0 fully saturated rings. The smallest absolute Gasteiger partial charge is 0.310 e. The number of nitro benzene ring substituents is 1. The Balaban J connectivity index is 1.55. The average molecular weight is 427 g/mol. The number of hydrogen-bond donors (Lipinski definition) is 1. The van der Waals surface area contributed by atoms with Gasteiger partial charge >= 0.3 is 5.69 Å². The minimum absolute atomic E-state index is 0.0405. The van der Waals surface area contributed by atoms with Gasteiger partial charge in [-0.3, -0.25) is 20.2 Å². The molecule has 0 aliphatic rings. The molecule has 8 nitrogen and oxygen atoms in total. The summed E-state index contributed by atoms with van der Waals surface area (Å²) in [6, 6.07) is 13.5. The molecular weight excluding hydrogens is 406 g/mol. The fourth-order valence-corrected chi connectivity index (χ4v) is 3.28. The summed E-state index contributed by atoms with van der Waals surface area (Å²) >= 11 is 1.29. The molecule has 3 aromatic rings. The number of para-hydroxylation sites is 2. The van der Waals surface area contributed by atoms with Crippen molar-refractivity contribution >= 4 is 28.1 Å². The molecule has 0 radical (unpaired) electrons. The molecule has 0 unspecified atom stereocenters. The van der Waals surface area contributed by atoms with Crippen LogP contribution in [-0.4, -0.2) is 29.0 Å². The van der Waals surface area contributed by atoms with Gasteiger partial charge in [0.25, 0.3) is 5.91 Å². The van der Waals surface area contributed by atoms with Crippen molar-refractivity contribution in [3.63, 3.8) is 0 Å². The van der Waals surface area contributed by atoms with Gasteiger partial charge in [0.05, 0.1) is 17.2 Å². The molecule has 30 heavy (non-hydrogen) atoms. The molecule has 0 saturated carbocycles. The summed E-state index contributed by atoms with van der Waals surface area (Å²) in [4.78, 5) is 27.0. The van der Waals surface area contributed by atoms with E-state index in [0.717, 1.165) is 29.8 Å². The third kappa shape index (κ3) is 5.77. The predicted octanol–water partition coefficient (Wildman–Crippen LogP) is 4.91. The number of amides is 1. The number of hydrogen-bond acceptors (Lipinski definition) is 7. The van der Waals surface area contributed by atoms with Crippen molar-refractivity contribution in [2.24, 2.45) is 0 Å². The Morgan fingerprint density at radius 2 is 1.93 bits per heavy atom. The summed E-state index contributed by atoms with van der Waals surface area (Å²) in [6.07, 6.45) is 2.09. The molecule has 0 bridgehead atoms. The Kier molecular flexibility index (Phi) is 7.34. The van der Waals surface area contributed by atoms with Gasteiger partial charge in [0.2, 0.25) is 0 Å². The van der Waals surface area contributed by atoms with Gasteiger partial charge in [-0.05, 0) is 36.8 Å². The second-order valence-electron chi connectivity index (χ2n) is 6.33. The second kappa shape index (κ2) is 10.4. The quantitative estimate of drug-likeness (QED) is 0.280. The largest absolute Gasteiger partial charge is 0.494 e. The highest BCUT2D eigenvalue weighted by atomic mass is 32.1. The van der Waals surface area contributed by atoms with Gasteiger partial charge in [0, 0.05) is 17.0 Å². The fraction of sp³-hybridized carbons (Fsp3) is 0.238. The molecule has 9 heteroatoms. The topological polar surface area (TPSA) is 104 Å². The lowest BCUT2D eigenvalue weighted by Gasteiger charge is -2.06. The zero-order valence-electron chi connectivity index (χ0n) is 16.4. The van der Waals surface area contributed by atoms with Crippen LogP contribution in [0.25, 0.3) is 11.3 Å². The van der Waals surface area contributed by atoms with Gasteiger partial charge in [-0.2, -0.15) is 0 Å². The molecule has 0 aliphatic carbocycles. The Morgan fingerprint density at radius 1 is 1.17 bits per heavy atom. The summed E-state index contributed by atoms with van der Waals surface area (Å²) in [7, 11) is 0.